The quantitative estimate of drug-likeness (QED) is 0.340. The Bertz CT molecular complexity index is 1710. The van der Waals surface area contributed by atoms with Gasteiger partial charge in [0.25, 0.3) is 0 Å². The highest BCUT2D eigenvalue weighted by Gasteiger charge is 2.49. The number of halogens is 1. The number of hydrogen-bond donors (Lipinski definition) is 2. The Morgan fingerprint density at radius 1 is 1.17 bits per heavy atom. The van der Waals surface area contributed by atoms with Crippen LogP contribution >= 0.6 is 11.3 Å². The number of benzene rings is 2. The first-order valence-electron chi connectivity index (χ1n) is 14.4. The van der Waals surface area contributed by atoms with E-state index in [9.17, 15) is 9.50 Å². The predicted octanol–water partition coefficient (Wildman–Crippen LogP) is 4.49. The number of terminal acetylenes is 1. The van der Waals surface area contributed by atoms with E-state index in [0.717, 1.165) is 83.4 Å². The van der Waals surface area contributed by atoms with Crippen LogP contribution in [0, 0.1) is 12.3 Å². The number of thiazole rings is 1. The number of ether oxygens (including phenoxy) is 1. The van der Waals surface area contributed by atoms with E-state index in [0.29, 0.717) is 42.7 Å². The van der Waals surface area contributed by atoms with Gasteiger partial charge in [0.2, 0.25) is 0 Å². The van der Waals surface area contributed by atoms with E-state index in [2.05, 4.69) is 21.0 Å². The highest BCUT2D eigenvalue weighted by atomic mass is 32.1. The molecule has 2 N–H and O–H groups in total. The molecular formula is C31H31FN6O2S. The van der Waals surface area contributed by atoms with Crippen LogP contribution in [0.3, 0.4) is 0 Å². The van der Waals surface area contributed by atoms with Gasteiger partial charge < -0.3 is 20.1 Å². The number of piperazine rings is 1. The molecule has 41 heavy (non-hydrogen) atoms. The van der Waals surface area contributed by atoms with Gasteiger partial charge >= 0.3 is 6.01 Å². The van der Waals surface area contributed by atoms with E-state index < -0.39 is 6.17 Å². The third-order valence-corrected chi connectivity index (χ3v) is 10.3. The number of nitrogens with zero attached hydrogens (tertiary/aromatic N) is 5. The number of alkyl halides is 1. The molecule has 10 heteroatoms. The summed E-state index contributed by atoms with van der Waals surface area (Å²) < 4.78 is 20.7. The number of rotatable bonds is 5. The van der Waals surface area contributed by atoms with Gasteiger partial charge in [-0.1, -0.05) is 29.4 Å². The molecule has 4 fully saturated rings. The summed E-state index contributed by atoms with van der Waals surface area (Å²) in [4.78, 5) is 20.1. The molecule has 4 saturated heterocycles. The lowest BCUT2D eigenvalue weighted by Crippen LogP contribution is -2.51. The number of aromatic nitrogens is 3. The zero-order chi connectivity index (χ0) is 27.7. The lowest BCUT2D eigenvalue weighted by molar-refractivity contribution is 0.107. The molecule has 4 aromatic rings. The second kappa shape index (κ2) is 9.51. The van der Waals surface area contributed by atoms with Crippen molar-refractivity contribution in [3.05, 3.63) is 35.9 Å². The Hall–Kier alpha value is -3.52. The standard InChI is InChI=1S/C31H31FN6O2S/c1-2-18-5-3-6-19-11-23(39)12-24(25(18)19)28-34-26-27(37-15-21-7-8-22(16-37)33-21)35-30(36-29(26)41-28)40-17-31-9-4-10-38(31)14-20(32)13-31/h1,3,5-6,11-12,20-22,33,39H,4,7-10,13-17H2/t20-,21?,22?,31+/m1/s1. The van der Waals surface area contributed by atoms with Gasteiger partial charge in [-0.15, -0.1) is 6.42 Å². The Morgan fingerprint density at radius 2 is 2.02 bits per heavy atom. The minimum absolute atomic E-state index is 0.151. The van der Waals surface area contributed by atoms with Crippen molar-refractivity contribution in [1.29, 1.82) is 0 Å². The molecule has 2 bridgehead atoms. The van der Waals surface area contributed by atoms with Crippen molar-refractivity contribution in [3.63, 3.8) is 0 Å². The average molecular weight is 571 g/mol. The summed E-state index contributed by atoms with van der Waals surface area (Å²) in [5, 5.41) is 16.7. The average Bonchev–Trinajstić information content (AvgIpc) is 3.72. The second-order valence-electron chi connectivity index (χ2n) is 12.0. The molecule has 8 rings (SSSR count). The molecule has 4 aliphatic heterocycles. The van der Waals surface area contributed by atoms with Crippen molar-refractivity contribution in [2.24, 2.45) is 0 Å². The van der Waals surface area contributed by atoms with Crippen LogP contribution in [0.2, 0.25) is 0 Å². The Morgan fingerprint density at radius 3 is 2.85 bits per heavy atom. The van der Waals surface area contributed by atoms with Crippen LogP contribution in [0.25, 0.3) is 31.7 Å². The zero-order valence-corrected chi connectivity index (χ0v) is 23.5. The third-order valence-electron chi connectivity index (χ3n) is 9.31. The molecule has 210 valence electrons. The fraction of sp³-hybridized carbons (Fsp3) is 0.452. The van der Waals surface area contributed by atoms with Gasteiger partial charge in [0.15, 0.2) is 10.6 Å². The lowest BCUT2D eigenvalue weighted by Gasteiger charge is -2.34. The second-order valence-corrected chi connectivity index (χ2v) is 12.9. The molecule has 8 nitrogen and oxygen atoms in total. The van der Waals surface area contributed by atoms with Gasteiger partial charge in [-0.25, -0.2) is 9.37 Å². The summed E-state index contributed by atoms with van der Waals surface area (Å²) in [5.74, 6) is 3.71. The molecule has 2 aromatic carbocycles. The Kier molecular flexibility index (Phi) is 5.85. The van der Waals surface area contributed by atoms with Crippen LogP contribution in [0.4, 0.5) is 10.2 Å². The van der Waals surface area contributed by atoms with Crippen LogP contribution in [0.15, 0.2) is 30.3 Å². The van der Waals surface area contributed by atoms with E-state index >= 15 is 0 Å². The summed E-state index contributed by atoms with van der Waals surface area (Å²) in [6.07, 6.45) is 9.83. The van der Waals surface area contributed by atoms with Crippen LogP contribution in [0.5, 0.6) is 11.8 Å². The van der Waals surface area contributed by atoms with Gasteiger partial charge in [-0.2, -0.15) is 9.97 Å². The predicted molar refractivity (Wildman–Crippen MR) is 158 cm³/mol. The summed E-state index contributed by atoms with van der Waals surface area (Å²) >= 11 is 1.44. The van der Waals surface area contributed by atoms with Crippen molar-refractivity contribution >= 4 is 38.3 Å². The molecule has 6 heterocycles. The van der Waals surface area contributed by atoms with Crippen LogP contribution in [-0.2, 0) is 0 Å². The first-order chi connectivity index (χ1) is 20.0. The molecule has 0 spiro atoms. The van der Waals surface area contributed by atoms with Crippen LogP contribution in [0.1, 0.15) is 37.7 Å². The smallest absolute Gasteiger partial charge is 0.319 e. The SMILES string of the molecule is C#Cc1cccc2cc(O)cc(-c3nc4c(N5CC6CCC(C5)N6)nc(OC[C@@]56CCCN5C[C@H](F)C6)nc4s3)c12. The van der Waals surface area contributed by atoms with Gasteiger partial charge in [-0.3, -0.25) is 4.90 Å². The number of aromatic hydroxyl groups is 1. The van der Waals surface area contributed by atoms with E-state index in [1.165, 1.54) is 11.3 Å². The topological polar surface area (TPSA) is 86.6 Å². The number of fused-ring (bicyclic) bond motifs is 5. The van der Waals surface area contributed by atoms with E-state index in [-0.39, 0.29) is 11.3 Å². The molecule has 0 saturated carbocycles. The summed E-state index contributed by atoms with van der Waals surface area (Å²) in [5.41, 5.74) is 1.95. The van der Waals surface area contributed by atoms with E-state index in [1.807, 2.05) is 18.2 Å². The summed E-state index contributed by atoms with van der Waals surface area (Å²) in [7, 11) is 0. The van der Waals surface area contributed by atoms with Gasteiger partial charge in [-0.05, 0) is 55.8 Å². The van der Waals surface area contributed by atoms with Crippen LogP contribution < -0.4 is 15.0 Å². The molecule has 0 aliphatic carbocycles. The Balaban J connectivity index is 1.23. The van der Waals surface area contributed by atoms with Crippen molar-refractivity contribution in [1.82, 2.24) is 25.2 Å². The molecule has 2 unspecified atom stereocenters. The van der Waals surface area contributed by atoms with Crippen LogP contribution in [-0.4, -0.2) is 81.5 Å². The largest absolute Gasteiger partial charge is 0.508 e. The highest BCUT2D eigenvalue weighted by Crippen LogP contribution is 2.42. The number of hydrogen-bond acceptors (Lipinski definition) is 9. The van der Waals surface area contributed by atoms with Crippen molar-refractivity contribution in [3.8, 4) is 34.7 Å². The zero-order valence-electron chi connectivity index (χ0n) is 22.6. The normalized spacial score (nSPS) is 27.5. The molecule has 4 atom stereocenters. The lowest BCUT2D eigenvalue weighted by atomic mass is 9.95. The third kappa shape index (κ3) is 4.21. The number of phenolic OH excluding ortho intramolecular Hbond substituents is 1. The maximum Gasteiger partial charge on any atom is 0.319 e. The Labute approximate surface area is 241 Å². The van der Waals surface area contributed by atoms with Gasteiger partial charge in [0, 0.05) is 54.7 Å². The number of anilines is 1. The minimum Gasteiger partial charge on any atom is -0.508 e. The summed E-state index contributed by atoms with van der Waals surface area (Å²) in [6, 6.07) is 10.3. The van der Waals surface area contributed by atoms with Crippen molar-refractivity contribution in [2.45, 2.75) is 55.9 Å². The monoisotopic (exact) mass is 570 g/mol. The molecule has 4 aliphatic rings. The highest BCUT2D eigenvalue weighted by molar-refractivity contribution is 7.21. The number of nitrogens with one attached hydrogen (secondary N) is 1. The summed E-state index contributed by atoms with van der Waals surface area (Å²) in [6.45, 7) is 3.44. The number of phenols is 1. The molecule has 0 amide bonds. The fourth-order valence-electron chi connectivity index (χ4n) is 7.51. The van der Waals surface area contributed by atoms with Gasteiger partial charge in [0.05, 0.1) is 5.54 Å². The minimum atomic E-state index is -0.816. The maximum absolute atomic E-state index is 14.4. The fourth-order valence-corrected chi connectivity index (χ4v) is 8.46. The maximum atomic E-state index is 14.4. The molecular weight excluding hydrogens is 539 g/mol. The molecule has 2 aromatic heterocycles. The first kappa shape index (κ1) is 25.2. The van der Waals surface area contributed by atoms with Crippen molar-refractivity contribution in [2.75, 3.05) is 37.7 Å². The first-order valence-corrected chi connectivity index (χ1v) is 15.2. The van der Waals surface area contributed by atoms with E-state index in [4.69, 9.17) is 26.1 Å². The van der Waals surface area contributed by atoms with Gasteiger partial charge in [0.1, 0.15) is 29.1 Å². The van der Waals surface area contributed by atoms with Crippen molar-refractivity contribution < 1.29 is 14.2 Å². The molecule has 0 radical (unpaired) electrons. The van der Waals surface area contributed by atoms with E-state index in [1.54, 1.807) is 12.1 Å².